The molecule has 5 atom stereocenters. The highest BCUT2D eigenvalue weighted by atomic mass is 16.6. The molecule has 0 radical (unpaired) electrons. The number of carbonyl (C=O) groups is 4. The molecule has 4 aromatic rings. The molecule has 11 heteroatoms. The van der Waals surface area contributed by atoms with E-state index >= 15 is 4.79 Å². The molecular formula is C46H54N4O7. The van der Waals surface area contributed by atoms with E-state index in [9.17, 15) is 19.5 Å². The van der Waals surface area contributed by atoms with Crippen LogP contribution in [0.2, 0.25) is 0 Å². The third kappa shape index (κ3) is 10.0. The summed E-state index contributed by atoms with van der Waals surface area (Å²) < 4.78 is 11.6. The Morgan fingerprint density at radius 2 is 1.53 bits per heavy atom. The van der Waals surface area contributed by atoms with Crippen LogP contribution in [0.4, 0.5) is 4.79 Å². The number of rotatable bonds is 12. The number of nitrogens with one attached hydrogen (secondary N) is 1. The molecule has 3 amide bonds. The number of aromatic carboxylic acids is 1. The SMILES string of the molecule is CC(C(N)C(Cc1ccc(OCc2ccc(C(=O)O)cc2)cc1)C(=O)N1Cc2ccccc2C[C@H]1C(=O)N[C@@H]1CCCc2ccccc21)N(C)C(=O)OC(C)(C)C. The molecule has 1 aliphatic carbocycles. The van der Waals surface area contributed by atoms with Gasteiger partial charge in [-0.3, -0.25) is 9.59 Å². The first kappa shape index (κ1) is 41.0. The molecule has 0 bridgehead atoms. The summed E-state index contributed by atoms with van der Waals surface area (Å²) in [5.74, 6) is -1.68. The van der Waals surface area contributed by atoms with Gasteiger partial charge in [-0.05, 0) is 111 Å². The quantitative estimate of drug-likeness (QED) is 0.141. The number of nitrogens with two attached hydrogens (primary N) is 1. The number of carbonyl (C=O) groups excluding carboxylic acids is 3. The summed E-state index contributed by atoms with van der Waals surface area (Å²) in [4.78, 5) is 57.1. The van der Waals surface area contributed by atoms with Crippen LogP contribution in [0.3, 0.4) is 0 Å². The van der Waals surface area contributed by atoms with Crippen LogP contribution in [-0.4, -0.2) is 69.6 Å². The first-order chi connectivity index (χ1) is 27.2. The zero-order chi connectivity index (χ0) is 40.9. The fourth-order valence-corrected chi connectivity index (χ4v) is 7.74. The largest absolute Gasteiger partial charge is 0.489 e. The predicted octanol–water partition coefficient (Wildman–Crippen LogP) is 6.85. The van der Waals surface area contributed by atoms with Crippen molar-refractivity contribution in [2.45, 2.75) is 103 Å². The minimum Gasteiger partial charge on any atom is -0.489 e. The first-order valence-corrected chi connectivity index (χ1v) is 19.7. The maximum absolute atomic E-state index is 15.1. The summed E-state index contributed by atoms with van der Waals surface area (Å²) in [5.41, 5.74) is 12.5. The Morgan fingerprint density at radius 3 is 2.19 bits per heavy atom. The van der Waals surface area contributed by atoms with Crippen molar-refractivity contribution in [2.75, 3.05) is 7.05 Å². The first-order valence-electron chi connectivity index (χ1n) is 19.7. The zero-order valence-corrected chi connectivity index (χ0v) is 33.4. The number of carboxylic acids is 1. The average Bonchev–Trinajstić information content (AvgIpc) is 3.20. The summed E-state index contributed by atoms with van der Waals surface area (Å²) in [6, 6.07) is 27.7. The Kier molecular flexibility index (Phi) is 12.7. The molecule has 0 spiro atoms. The highest BCUT2D eigenvalue weighted by Gasteiger charge is 2.42. The number of nitrogens with zero attached hydrogens (tertiary/aromatic N) is 2. The van der Waals surface area contributed by atoms with Crippen molar-refractivity contribution in [3.63, 3.8) is 0 Å². The van der Waals surface area contributed by atoms with Gasteiger partial charge in [0.25, 0.3) is 0 Å². The number of benzene rings is 4. The highest BCUT2D eigenvalue weighted by Crippen LogP contribution is 2.32. The van der Waals surface area contributed by atoms with Crippen LogP contribution in [0.15, 0.2) is 97.1 Å². The number of hydrogen-bond acceptors (Lipinski definition) is 7. The van der Waals surface area contributed by atoms with E-state index in [0.717, 1.165) is 47.1 Å². The van der Waals surface area contributed by atoms with E-state index in [1.165, 1.54) is 22.6 Å². The second-order valence-corrected chi connectivity index (χ2v) is 16.3. The lowest BCUT2D eigenvalue weighted by Crippen LogP contribution is -2.59. The molecular weight excluding hydrogens is 721 g/mol. The lowest BCUT2D eigenvalue weighted by molar-refractivity contribution is -0.146. The van der Waals surface area contributed by atoms with Crippen molar-refractivity contribution in [2.24, 2.45) is 11.7 Å². The molecule has 57 heavy (non-hydrogen) atoms. The van der Waals surface area contributed by atoms with E-state index in [2.05, 4.69) is 17.4 Å². The Labute approximate surface area is 335 Å². The minimum atomic E-state index is -0.991. The standard InChI is InChI=1S/C46H54N4O7/c1-29(49(5)45(55)57-46(2,3)4)41(47)38(25-30-19-23-36(24-20-30)56-28-31-17-21-33(22-18-31)44(53)54)43(52)50-27-35-13-7-6-12-34(35)26-40(50)42(51)48-39-16-10-14-32-11-8-9-15-37(32)39/h6-9,11-13,15,17-24,29,38-41H,10,14,16,25-28,47H2,1-5H3,(H,48,51)(H,53,54)/t29?,38?,39-,40+,41?/m1/s1. The van der Waals surface area contributed by atoms with Crippen molar-refractivity contribution in [1.29, 1.82) is 0 Å². The number of aryl methyl sites for hydroxylation is 1. The summed E-state index contributed by atoms with van der Waals surface area (Å²) in [5, 5.41) is 12.5. The molecule has 3 unspecified atom stereocenters. The number of likely N-dealkylation sites (N-methyl/N-ethyl adjacent to an activating group) is 1. The van der Waals surface area contributed by atoms with Crippen LogP contribution in [0, 0.1) is 5.92 Å². The van der Waals surface area contributed by atoms with Gasteiger partial charge in [-0.1, -0.05) is 72.8 Å². The van der Waals surface area contributed by atoms with Crippen molar-refractivity contribution < 1.29 is 33.8 Å². The topological polar surface area (TPSA) is 152 Å². The van der Waals surface area contributed by atoms with Crippen LogP contribution >= 0.6 is 0 Å². The Balaban J connectivity index is 1.27. The van der Waals surface area contributed by atoms with Crippen LogP contribution < -0.4 is 15.8 Å². The van der Waals surface area contributed by atoms with E-state index in [1.54, 1.807) is 44.9 Å². The highest BCUT2D eigenvalue weighted by molar-refractivity contribution is 5.90. The lowest BCUT2D eigenvalue weighted by Gasteiger charge is -2.41. The molecule has 11 nitrogen and oxygen atoms in total. The fraction of sp³-hybridized carbons (Fsp3) is 0.391. The molecule has 300 valence electrons. The van der Waals surface area contributed by atoms with E-state index in [4.69, 9.17) is 15.2 Å². The summed E-state index contributed by atoms with van der Waals surface area (Å²) in [6.45, 7) is 7.68. The lowest BCUT2D eigenvalue weighted by atomic mass is 9.84. The van der Waals surface area contributed by atoms with Gasteiger partial charge in [0.05, 0.1) is 17.5 Å². The third-order valence-electron chi connectivity index (χ3n) is 11.1. The van der Waals surface area contributed by atoms with Gasteiger partial charge in [-0.25, -0.2) is 9.59 Å². The number of hydrogen-bond donors (Lipinski definition) is 3. The molecule has 1 heterocycles. The van der Waals surface area contributed by atoms with Crippen molar-refractivity contribution in [1.82, 2.24) is 15.1 Å². The van der Waals surface area contributed by atoms with Gasteiger partial charge >= 0.3 is 12.1 Å². The summed E-state index contributed by atoms with van der Waals surface area (Å²) in [7, 11) is 1.62. The molecule has 0 saturated carbocycles. The van der Waals surface area contributed by atoms with Crippen LogP contribution in [-0.2, 0) is 46.7 Å². The van der Waals surface area contributed by atoms with Gasteiger partial charge < -0.3 is 35.4 Å². The minimum absolute atomic E-state index is 0.151. The number of ether oxygens (including phenoxy) is 2. The van der Waals surface area contributed by atoms with Gasteiger partial charge in [-0.2, -0.15) is 0 Å². The molecule has 1 aliphatic heterocycles. The molecule has 2 aliphatic rings. The predicted molar refractivity (Wildman–Crippen MR) is 218 cm³/mol. The molecule has 0 fully saturated rings. The third-order valence-corrected chi connectivity index (χ3v) is 11.1. The number of fused-ring (bicyclic) bond motifs is 2. The molecule has 0 aromatic heterocycles. The Bertz CT molecular complexity index is 2060. The van der Waals surface area contributed by atoms with E-state index < -0.39 is 41.7 Å². The summed E-state index contributed by atoms with van der Waals surface area (Å²) in [6.07, 6.45) is 2.80. The zero-order valence-electron chi connectivity index (χ0n) is 33.4. The maximum Gasteiger partial charge on any atom is 0.410 e. The van der Waals surface area contributed by atoms with Crippen LogP contribution in [0.5, 0.6) is 5.75 Å². The monoisotopic (exact) mass is 774 g/mol. The van der Waals surface area contributed by atoms with Gasteiger partial charge in [0, 0.05) is 32.1 Å². The molecule has 6 rings (SSSR count). The fourth-order valence-electron chi connectivity index (χ4n) is 7.74. The maximum atomic E-state index is 15.1. The smallest absolute Gasteiger partial charge is 0.410 e. The molecule has 4 aromatic carbocycles. The summed E-state index contributed by atoms with van der Waals surface area (Å²) >= 11 is 0. The van der Waals surface area contributed by atoms with Gasteiger partial charge in [0.1, 0.15) is 24.0 Å². The van der Waals surface area contributed by atoms with E-state index in [1.807, 2.05) is 67.6 Å². The molecule has 0 saturated heterocycles. The van der Waals surface area contributed by atoms with Crippen LogP contribution in [0.1, 0.15) is 90.3 Å². The van der Waals surface area contributed by atoms with Crippen molar-refractivity contribution in [3.05, 3.63) is 136 Å². The van der Waals surface area contributed by atoms with Gasteiger partial charge in [-0.15, -0.1) is 0 Å². The van der Waals surface area contributed by atoms with Crippen molar-refractivity contribution >= 4 is 23.9 Å². The normalized spacial score (nSPS) is 17.9. The average molecular weight is 775 g/mol. The van der Waals surface area contributed by atoms with Gasteiger partial charge in [0.15, 0.2) is 0 Å². The number of carboxylic acid groups (broad SMARTS) is 1. The second kappa shape index (κ2) is 17.6. The number of amides is 3. The Hall–Kier alpha value is -5.68. The van der Waals surface area contributed by atoms with Crippen molar-refractivity contribution in [3.8, 4) is 5.75 Å². The van der Waals surface area contributed by atoms with E-state index in [-0.39, 0.29) is 43.0 Å². The van der Waals surface area contributed by atoms with Gasteiger partial charge in [0.2, 0.25) is 11.8 Å². The molecule has 4 N–H and O–H groups in total. The van der Waals surface area contributed by atoms with Crippen LogP contribution in [0.25, 0.3) is 0 Å². The Morgan fingerprint density at radius 1 is 0.895 bits per heavy atom. The van der Waals surface area contributed by atoms with E-state index in [0.29, 0.717) is 12.2 Å². The second-order valence-electron chi connectivity index (χ2n) is 16.3.